The summed E-state index contributed by atoms with van der Waals surface area (Å²) in [5.41, 5.74) is 1.20. The number of halogens is 1. The Balaban J connectivity index is 0.00000169. The van der Waals surface area contributed by atoms with Gasteiger partial charge in [0.2, 0.25) is 5.89 Å². The van der Waals surface area contributed by atoms with E-state index in [1.165, 1.54) is 18.4 Å². The zero-order valence-corrected chi connectivity index (χ0v) is 14.6. The molecule has 1 aliphatic heterocycles. The summed E-state index contributed by atoms with van der Waals surface area (Å²) in [5.74, 6) is 3.05. The van der Waals surface area contributed by atoms with Gasteiger partial charge in [-0.25, -0.2) is 0 Å². The van der Waals surface area contributed by atoms with Crippen molar-refractivity contribution in [2.24, 2.45) is 0 Å². The molecule has 1 aromatic heterocycles. The smallest absolute Gasteiger partial charge is 0.240 e. The molecule has 1 N–H and O–H groups in total. The molecule has 7 heteroatoms. The van der Waals surface area contributed by atoms with Gasteiger partial charge in [-0.1, -0.05) is 23.4 Å². The Hall–Kier alpha value is -1.63. The van der Waals surface area contributed by atoms with Gasteiger partial charge in [0.15, 0.2) is 5.82 Å². The number of rotatable bonds is 5. The van der Waals surface area contributed by atoms with E-state index < -0.39 is 0 Å². The maximum absolute atomic E-state index is 5.54. The Morgan fingerprint density at radius 1 is 1.33 bits per heavy atom. The van der Waals surface area contributed by atoms with Gasteiger partial charge in [-0.2, -0.15) is 4.98 Å². The van der Waals surface area contributed by atoms with Crippen molar-refractivity contribution in [3.63, 3.8) is 0 Å². The van der Waals surface area contributed by atoms with Crippen LogP contribution < -0.4 is 10.1 Å². The Morgan fingerprint density at radius 2 is 2.17 bits per heavy atom. The van der Waals surface area contributed by atoms with E-state index in [0.29, 0.717) is 18.4 Å². The van der Waals surface area contributed by atoms with E-state index in [1.54, 1.807) is 7.11 Å². The number of ether oxygens (including phenoxy) is 1. The summed E-state index contributed by atoms with van der Waals surface area (Å²) in [6.07, 6.45) is 2.38. The molecule has 24 heavy (non-hydrogen) atoms. The monoisotopic (exact) mass is 350 g/mol. The van der Waals surface area contributed by atoms with E-state index in [2.05, 4.69) is 32.5 Å². The van der Waals surface area contributed by atoms with Crippen molar-refractivity contribution in [2.45, 2.75) is 31.3 Å². The number of hydrogen-bond donors (Lipinski definition) is 1. The van der Waals surface area contributed by atoms with Crippen molar-refractivity contribution < 1.29 is 9.26 Å². The number of methoxy groups -OCH3 is 1. The maximum atomic E-state index is 5.54. The second-order valence-electron chi connectivity index (χ2n) is 6.25. The number of piperazine rings is 1. The minimum Gasteiger partial charge on any atom is -0.496 e. The normalized spacial score (nSPS) is 21.3. The molecule has 1 atom stereocenters. The summed E-state index contributed by atoms with van der Waals surface area (Å²) in [4.78, 5) is 6.95. The van der Waals surface area contributed by atoms with Gasteiger partial charge in [0.1, 0.15) is 5.75 Å². The maximum Gasteiger partial charge on any atom is 0.240 e. The molecule has 0 spiro atoms. The molecule has 2 aromatic rings. The molecule has 2 aliphatic rings. The second kappa shape index (κ2) is 7.51. The molecular weight excluding hydrogens is 328 g/mol. The largest absolute Gasteiger partial charge is 0.496 e. The summed E-state index contributed by atoms with van der Waals surface area (Å²) in [6.45, 7) is 3.49. The fraction of sp³-hybridized carbons (Fsp3) is 0.529. The molecule has 0 bridgehead atoms. The number of benzene rings is 1. The lowest BCUT2D eigenvalue weighted by molar-refractivity contribution is 0.133. The molecule has 4 rings (SSSR count). The van der Waals surface area contributed by atoms with Crippen LogP contribution in [-0.2, 0) is 6.54 Å². The van der Waals surface area contributed by atoms with E-state index in [1.807, 2.05) is 12.1 Å². The van der Waals surface area contributed by atoms with Gasteiger partial charge in [0.05, 0.1) is 19.7 Å². The molecule has 1 saturated carbocycles. The fourth-order valence-corrected chi connectivity index (χ4v) is 3.20. The van der Waals surface area contributed by atoms with Crippen LogP contribution in [0.15, 0.2) is 28.8 Å². The van der Waals surface area contributed by atoms with Crippen molar-refractivity contribution in [1.82, 2.24) is 20.4 Å². The van der Waals surface area contributed by atoms with Crippen molar-refractivity contribution in [3.05, 3.63) is 41.5 Å². The van der Waals surface area contributed by atoms with E-state index >= 15 is 0 Å². The Kier molecular flexibility index (Phi) is 5.38. The molecule has 1 aliphatic carbocycles. The molecule has 2 fully saturated rings. The first-order chi connectivity index (χ1) is 11.3. The molecule has 1 saturated heterocycles. The van der Waals surface area contributed by atoms with Gasteiger partial charge < -0.3 is 14.6 Å². The Labute approximate surface area is 148 Å². The molecule has 130 valence electrons. The van der Waals surface area contributed by atoms with Gasteiger partial charge in [-0.05, 0) is 18.9 Å². The number of hydrogen-bond acceptors (Lipinski definition) is 6. The lowest BCUT2D eigenvalue weighted by atomic mass is 10.0. The summed E-state index contributed by atoms with van der Waals surface area (Å²) in [5, 5.41) is 7.59. The van der Waals surface area contributed by atoms with Crippen molar-refractivity contribution in [2.75, 3.05) is 26.7 Å². The highest BCUT2D eigenvalue weighted by Gasteiger charge is 2.31. The first-order valence-corrected chi connectivity index (χ1v) is 8.25. The molecule has 2 heterocycles. The fourth-order valence-electron chi connectivity index (χ4n) is 3.20. The highest BCUT2D eigenvalue weighted by molar-refractivity contribution is 5.85. The third-order valence-electron chi connectivity index (χ3n) is 4.62. The van der Waals surface area contributed by atoms with Gasteiger partial charge >= 0.3 is 0 Å². The molecule has 6 nitrogen and oxygen atoms in total. The average Bonchev–Trinajstić information content (AvgIpc) is 3.35. The van der Waals surface area contributed by atoms with Crippen LogP contribution in [0.1, 0.15) is 42.1 Å². The van der Waals surface area contributed by atoms with Crippen LogP contribution >= 0.6 is 12.4 Å². The lowest BCUT2D eigenvalue weighted by Crippen LogP contribution is -2.45. The van der Waals surface area contributed by atoms with Crippen LogP contribution in [0, 0.1) is 0 Å². The van der Waals surface area contributed by atoms with E-state index in [9.17, 15) is 0 Å². The number of nitrogens with one attached hydrogen (secondary N) is 1. The Morgan fingerprint density at radius 3 is 2.96 bits per heavy atom. The lowest BCUT2D eigenvalue weighted by Gasteiger charge is -2.36. The summed E-state index contributed by atoms with van der Waals surface area (Å²) < 4.78 is 11.0. The minimum absolute atomic E-state index is 0. The summed E-state index contributed by atoms with van der Waals surface area (Å²) in [6, 6.07) is 8.45. The van der Waals surface area contributed by atoms with Gasteiger partial charge in [0.25, 0.3) is 0 Å². The predicted octanol–water partition coefficient (Wildman–Crippen LogP) is 2.52. The molecule has 0 radical (unpaired) electrons. The first kappa shape index (κ1) is 17.2. The van der Waals surface area contributed by atoms with Crippen LogP contribution in [-0.4, -0.2) is 41.8 Å². The van der Waals surface area contributed by atoms with Crippen LogP contribution in [0.3, 0.4) is 0 Å². The minimum atomic E-state index is 0. The van der Waals surface area contributed by atoms with Crippen LogP contribution in [0.2, 0.25) is 0 Å². The quantitative estimate of drug-likeness (QED) is 0.894. The van der Waals surface area contributed by atoms with Gasteiger partial charge in [0, 0.05) is 31.1 Å². The Bertz CT molecular complexity index is 674. The third kappa shape index (κ3) is 3.55. The van der Waals surface area contributed by atoms with Crippen LogP contribution in [0.4, 0.5) is 0 Å². The highest BCUT2D eigenvalue weighted by Crippen LogP contribution is 2.38. The standard InChI is InChI=1S/C17H22N4O2.ClH/c1-22-15-5-3-2-4-13(15)14-10-18-8-9-21(14)11-16-19-17(20-23-16)12-6-7-12;/h2-5,12,14,18H,6-11H2,1H3;1H. The van der Waals surface area contributed by atoms with E-state index in [-0.39, 0.29) is 18.4 Å². The van der Waals surface area contributed by atoms with E-state index in [0.717, 1.165) is 31.2 Å². The second-order valence-corrected chi connectivity index (χ2v) is 6.25. The predicted molar refractivity (Wildman–Crippen MR) is 92.5 cm³/mol. The van der Waals surface area contributed by atoms with Gasteiger partial charge in [-0.3, -0.25) is 4.90 Å². The van der Waals surface area contributed by atoms with Crippen molar-refractivity contribution in [3.8, 4) is 5.75 Å². The molecular formula is C17H23ClN4O2. The number of nitrogens with zero attached hydrogens (tertiary/aromatic N) is 3. The topological polar surface area (TPSA) is 63.4 Å². The summed E-state index contributed by atoms with van der Waals surface area (Å²) >= 11 is 0. The number of aromatic nitrogens is 2. The highest BCUT2D eigenvalue weighted by atomic mass is 35.5. The van der Waals surface area contributed by atoms with Gasteiger partial charge in [-0.15, -0.1) is 12.4 Å². The third-order valence-corrected chi connectivity index (χ3v) is 4.62. The van der Waals surface area contributed by atoms with Crippen LogP contribution in [0.5, 0.6) is 5.75 Å². The zero-order chi connectivity index (χ0) is 15.6. The molecule has 1 aromatic carbocycles. The average molecular weight is 351 g/mol. The van der Waals surface area contributed by atoms with Crippen molar-refractivity contribution >= 4 is 12.4 Å². The van der Waals surface area contributed by atoms with Crippen molar-refractivity contribution in [1.29, 1.82) is 0 Å². The molecule has 1 unspecified atom stereocenters. The first-order valence-electron chi connectivity index (χ1n) is 8.25. The number of para-hydroxylation sites is 1. The zero-order valence-electron chi connectivity index (χ0n) is 13.8. The molecule has 0 amide bonds. The van der Waals surface area contributed by atoms with Crippen LogP contribution in [0.25, 0.3) is 0 Å². The summed E-state index contributed by atoms with van der Waals surface area (Å²) in [7, 11) is 1.72. The SMILES string of the molecule is COc1ccccc1C1CNCCN1Cc1nc(C2CC2)no1.Cl. The van der Waals surface area contributed by atoms with E-state index in [4.69, 9.17) is 9.26 Å².